The number of amides is 5. The van der Waals surface area contributed by atoms with Crippen molar-refractivity contribution in [1.82, 2.24) is 35.4 Å². The number of hydrogen-bond acceptors (Lipinski definition) is 12. The Morgan fingerprint density at radius 1 is 0.725 bits per heavy atom. The van der Waals surface area contributed by atoms with E-state index in [0.717, 1.165) is 25.9 Å². The zero-order chi connectivity index (χ0) is 38.7. The molecule has 1 aliphatic carbocycles. The van der Waals surface area contributed by atoms with Crippen molar-refractivity contribution in [3.63, 3.8) is 0 Å². The molecule has 4 aliphatic rings. The molecule has 0 unspecified atom stereocenters. The van der Waals surface area contributed by atoms with Crippen LogP contribution in [0.25, 0.3) is 0 Å². The Kier molecular flexibility index (Phi) is 20.6. The highest BCUT2D eigenvalue weighted by Gasteiger charge is 2.27. The van der Waals surface area contributed by atoms with Crippen LogP contribution in [0.5, 0.6) is 0 Å². The van der Waals surface area contributed by atoms with E-state index < -0.39 is 16.1 Å². The molecule has 3 aliphatic heterocycles. The Balaban J connectivity index is 0.000000344. The molecule has 3 saturated heterocycles. The predicted octanol–water partition coefficient (Wildman–Crippen LogP) is 1.84. The molecular weight excluding hydrogens is 690 g/mol. The maximum Gasteiger partial charge on any atom is 0.410 e. The minimum absolute atomic E-state index is 0.0775. The van der Waals surface area contributed by atoms with Gasteiger partial charge in [0.05, 0.1) is 18.5 Å². The van der Waals surface area contributed by atoms with Gasteiger partial charge in [-0.25, -0.2) is 27.6 Å². The summed E-state index contributed by atoms with van der Waals surface area (Å²) in [6.07, 6.45) is 3.04. The zero-order valence-corrected chi connectivity index (χ0v) is 32.5. The highest BCUT2D eigenvalue weighted by Crippen LogP contribution is 2.21. The highest BCUT2D eigenvalue weighted by molar-refractivity contribution is 7.88. The molecule has 51 heavy (non-hydrogen) atoms. The van der Waals surface area contributed by atoms with Gasteiger partial charge in [-0.2, -0.15) is 4.31 Å². The molecule has 4 N–H and O–H groups in total. The average Bonchev–Trinajstić information content (AvgIpc) is 2.96. The van der Waals surface area contributed by atoms with Crippen molar-refractivity contribution >= 4 is 40.3 Å². The SMILES string of the molecule is CC(C)NC(=O)OC1CCC1.CC(C)NC(=O)OC1CNC1.CC(C)OC(=O)N1CCN(S(C)(=O)=O)CC1.CC(C)OC(=O)N1CCNC(=O)C1. The first-order chi connectivity index (χ1) is 23.8. The first-order valence-corrected chi connectivity index (χ1v) is 19.4. The molecule has 0 aromatic rings. The minimum atomic E-state index is -3.14. The van der Waals surface area contributed by atoms with Gasteiger partial charge in [-0.15, -0.1) is 0 Å². The monoisotopic (exact) mass is 751 g/mol. The maximum atomic E-state index is 11.5. The first kappa shape index (κ1) is 45.4. The molecule has 5 amide bonds. The van der Waals surface area contributed by atoms with Crippen LogP contribution in [0.2, 0.25) is 0 Å². The number of sulfonamides is 1. The largest absolute Gasteiger partial charge is 0.447 e. The van der Waals surface area contributed by atoms with Crippen molar-refractivity contribution in [3.05, 3.63) is 0 Å². The zero-order valence-electron chi connectivity index (χ0n) is 31.7. The normalized spacial score (nSPS) is 17.9. The lowest BCUT2D eigenvalue weighted by atomic mass is 9.96. The van der Waals surface area contributed by atoms with Crippen LogP contribution in [0, 0.1) is 0 Å². The molecule has 0 radical (unpaired) electrons. The lowest BCUT2D eigenvalue weighted by Crippen LogP contribution is -2.51. The summed E-state index contributed by atoms with van der Waals surface area (Å²) in [5.41, 5.74) is 0. The van der Waals surface area contributed by atoms with Crippen LogP contribution in [0.4, 0.5) is 19.2 Å². The van der Waals surface area contributed by atoms with Gasteiger partial charge in [0.2, 0.25) is 15.9 Å². The number of rotatable bonds is 7. The van der Waals surface area contributed by atoms with Crippen LogP contribution in [-0.4, -0.2) is 154 Å². The molecule has 296 valence electrons. The van der Waals surface area contributed by atoms with Gasteiger partial charge in [0.25, 0.3) is 0 Å². The fourth-order valence-electron chi connectivity index (χ4n) is 4.23. The first-order valence-electron chi connectivity index (χ1n) is 17.5. The molecule has 18 nitrogen and oxygen atoms in total. The summed E-state index contributed by atoms with van der Waals surface area (Å²) in [4.78, 5) is 58.4. The van der Waals surface area contributed by atoms with Crippen LogP contribution in [0.1, 0.15) is 74.7 Å². The topological polar surface area (TPSA) is 214 Å². The smallest absolute Gasteiger partial charge is 0.410 e. The molecule has 0 aromatic carbocycles. The summed E-state index contributed by atoms with van der Waals surface area (Å²) in [5, 5.41) is 11.0. The van der Waals surface area contributed by atoms with Crippen molar-refractivity contribution in [2.24, 2.45) is 0 Å². The van der Waals surface area contributed by atoms with Gasteiger partial charge in [-0.3, -0.25) is 9.69 Å². The van der Waals surface area contributed by atoms with Crippen molar-refractivity contribution in [3.8, 4) is 0 Å². The number of nitrogens with zero attached hydrogens (tertiary/aromatic N) is 3. The summed E-state index contributed by atoms with van der Waals surface area (Å²) in [6.45, 7) is 18.9. The van der Waals surface area contributed by atoms with E-state index in [-0.39, 0.29) is 67.2 Å². The van der Waals surface area contributed by atoms with Gasteiger partial charge in [0.1, 0.15) is 18.8 Å². The second kappa shape index (κ2) is 23.1. The van der Waals surface area contributed by atoms with Crippen LogP contribution >= 0.6 is 0 Å². The van der Waals surface area contributed by atoms with Crippen molar-refractivity contribution in [2.75, 3.05) is 65.2 Å². The third-order valence-corrected chi connectivity index (χ3v) is 8.40. The van der Waals surface area contributed by atoms with Gasteiger partial charge in [-0.1, -0.05) is 0 Å². The lowest BCUT2D eigenvalue weighted by molar-refractivity contribution is -0.123. The van der Waals surface area contributed by atoms with Crippen molar-refractivity contribution in [1.29, 1.82) is 0 Å². The summed E-state index contributed by atoms with van der Waals surface area (Å²) < 4.78 is 43.8. The van der Waals surface area contributed by atoms with Gasteiger partial charge in [0.15, 0.2) is 0 Å². The predicted molar refractivity (Wildman–Crippen MR) is 190 cm³/mol. The fraction of sp³-hybridized carbons (Fsp3) is 0.844. The number of carbonyl (C=O) groups excluding carboxylic acids is 5. The molecule has 0 aromatic heterocycles. The fourth-order valence-corrected chi connectivity index (χ4v) is 5.05. The maximum absolute atomic E-state index is 11.5. The molecule has 0 bridgehead atoms. The number of alkyl carbamates (subject to hydrolysis) is 2. The van der Waals surface area contributed by atoms with E-state index in [0.29, 0.717) is 39.3 Å². The second-order valence-electron chi connectivity index (χ2n) is 13.5. The molecule has 4 fully saturated rings. The van der Waals surface area contributed by atoms with Crippen LogP contribution < -0.4 is 21.3 Å². The van der Waals surface area contributed by atoms with Crippen molar-refractivity contribution < 1.29 is 51.3 Å². The summed E-state index contributed by atoms with van der Waals surface area (Å²) in [6, 6.07) is 0.318. The molecule has 3 heterocycles. The number of hydrogen-bond donors (Lipinski definition) is 4. The van der Waals surface area contributed by atoms with E-state index in [9.17, 15) is 32.4 Å². The highest BCUT2D eigenvalue weighted by atomic mass is 32.2. The van der Waals surface area contributed by atoms with E-state index in [1.165, 1.54) is 26.8 Å². The molecule has 4 rings (SSSR count). The van der Waals surface area contributed by atoms with E-state index in [2.05, 4.69) is 21.3 Å². The quantitative estimate of drug-likeness (QED) is 0.275. The number of ether oxygens (including phenoxy) is 4. The van der Waals surface area contributed by atoms with Gasteiger partial charge in [-0.05, 0) is 74.7 Å². The van der Waals surface area contributed by atoms with E-state index >= 15 is 0 Å². The molecule has 19 heteroatoms. The number of piperazine rings is 2. The summed E-state index contributed by atoms with van der Waals surface area (Å²) in [5.74, 6) is -0.132. The van der Waals surface area contributed by atoms with Gasteiger partial charge < -0.3 is 45.1 Å². The van der Waals surface area contributed by atoms with E-state index in [1.54, 1.807) is 27.7 Å². The van der Waals surface area contributed by atoms with Crippen molar-refractivity contribution in [2.45, 2.75) is 111 Å². The lowest BCUT2D eigenvalue weighted by Gasteiger charge is -2.32. The Labute approximate surface area is 303 Å². The Morgan fingerprint density at radius 3 is 1.55 bits per heavy atom. The second-order valence-corrected chi connectivity index (χ2v) is 15.5. The molecular formula is C32H61N7O11S. The summed E-state index contributed by atoms with van der Waals surface area (Å²) in [7, 11) is -3.14. The van der Waals surface area contributed by atoms with E-state index in [1.807, 2.05) is 27.7 Å². The minimum Gasteiger partial charge on any atom is -0.447 e. The van der Waals surface area contributed by atoms with Crippen LogP contribution in [0.15, 0.2) is 0 Å². The Hall–Kier alpha value is -3.58. The average molecular weight is 752 g/mol. The van der Waals surface area contributed by atoms with E-state index in [4.69, 9.17) is 18.9 Å². The van der Waals surface area contributed by atoms with Gasteiger partial charge >= 0.3 is 24.4 Å². The molecule has 1 saturated carbocycles. The van der Waals surface area contributed by atoms with Gasteiger partial charge in [0, 0.05) is 64.4 Å². The van der Waals surface area contributed by atoms with Crippen LogP contribution in [0.3, 0.4) is 0 Å². The molecule has 0 atom stereocenters. The standard InChI is InChI=1S/C9H18N2O4S.C8H14N2O3.C8H15NO2.C7H14N2O2/c1-8(2)15-9(12)10-4-6-11(7-5-10)16(3,13)14;1-6(2)13-8(12)10-4-3-9-7(11)5-10;1-6(2)9-8(10)11-7-4-3-5-7;1-5(2)9-7(10)11-6-3-8-4-6/h8H,4-7H2,1-3H3;6H,3-5H2,1-2H3,(H,9,11);6-7H,3-5H2,1-2H3,(H,9,10);5-6,8H,3-4H2,1-2H3,(H,9,10). The summed E-state index contributed by atoms with van der Waals surface area (Å²) >= 11 is 0. The number of carbonyl (C=O) groups is 5. The third-order valence-electron chi connectivity index (χ3n) is 7.09. The Morgan fingerprint density at radius 2 is 1.20 bits per heavy atom. The third kappa shape index (κ3) is 20.8. The number of nitrogens with one attached hydrogen (secondary N) is 4. The Bertz CT molecular complexity index is 1170. The van der Waals surface area contributed by atoms with Crippen LogP contribution in [-0.2, 0) is 33.8 Å². The molecule has 0 spiro atoms.